The Balaban J connectivity index is 2.01. The number of benzene rings is 1. The predicted molar refractivity (Wildman–Crippen MR) is 69.4 cm³/mol. The van der Waals surface area contributed by atoms with Crippen LogP contribution in [0.5, 0.6) is 0 Å². The summed E-state index contributed by atoms with van der Waals surface area (Å²) >= 11 is 5.93. The number of aromatic nitrogens is 2. The van der Waals surface area contributed by atoms with Gasteiger partial charge in [-0.25, -0.2) is 0 Å². The van der Waals surface area contributed by atoms with Gasteiger partial charge in [-0.05, 0) is 31.2 Å². The lowest BCUT2D eigenvalue weighted by Crippen LogP contribution is -2.23. The molecule has 0 fully saturated rings. The number of amides is 1. The predicted octanol–water partition coefficient (Wildman–Crippen LogP) is 2.37. The molecule has 1 amide bonds. The average molecular weight is 262 g/mol. The molecule has 18 heavy (non-hydrogen) atoms. The third-order valence-corrected chi connectivity index (χ3v) is 2.73. The SMILES string of the molecule is Cc1ccc(CNC(=O)c2ccccc2Cl)nn1. The molecule has 0 aliphatic carbocycles. The van der Waals surface area contributed by atoms with E-state index in [4.69, 9.17) is 11.6 Å². The first-order chi connectivity index (χ1) is 8.66. The maximum absolute atomic E-state index is 11.9. The number of aryl methyl sites for hydroxylation is 1. The van der Waals surface area contributed by atoms with E-state index in [1.165, 1.54) is 0 Å². The lowest BCUT2D eigenvalue weighted by molar-refractivity contribution is 0.0950. The largest absolute Gasteiger partial charge is 0.346 e. The first kappa shape index (κ1) is 12.5. The van der Waals surface area contributed by atoms with Crippen molar-refractivity contribution >= 4 is 17.5 Å². The van der Waals surface area contributed by atoms with Crippen LogP contribution >= 0.6 is 11.6 Å². The van der Waals surface area contributed by atoms with Crippen LogP contribution in [0, 0.1) is 6.92 Å². The number of halogens is 1. The summed E-state index contributed by atoms with van der Waals surface area (Å²) < 4.78 is 0. The molecule has 0 aliphatic rings. The van der Waals surface area contributed by atoms with Crippen LogP contribution in [0.25, 0.3) is 0 Å². The zero-order valence-corrected chi connectivity index (χ0v) is 10.6. The second-order valence-corrected chi connectivity index (χ2v) is 4.24. The summed E-state index contributed by atoms with van der Waals surface area (Å²) in [6.45, 7) is 2.19. The molecule has 0 saturated heterocycles. The van der Waals surface area contributed by atoms with Crippen LogP contribution in [0.3, 0.4) is 0 Å². The fourth-order valence-corrected chi connectivity index (χ4v) is 1.65. The fourth-order valence-electron chi connectivity index (χ4n) is 1.43. The summed E-state index contributed by atoms with van der Waals surface area (Å²) in [5, 5.41) is 11.1. The van der Waals surface area contributed by atoms with Crippen molar-refractivity contribution in [1.29, 1.82) is 0 Å². The van der Waals surface area contributed by atoms with E-state index in [-0.39, 0.29) is 5.91 Å². The van der Waals surface area contributed by atoms with E-state index in [2.05, 4.69) is 15.5 Å². The minimum Gasteiger partial charge on any atom is -0.346 e. The summed E-state index contributed by atoms with van der Waals surface area (Å²) in [4.78, 5) is 11.9. The van der Waals surface area contributed by atoms with Crippen LogP contribution in [-0.4, -0.2) is 16.1 Å². The van der Waals surface area contributed by atoms with E-state index >= 15 is 0 Å². The van der Waals surface area contributed by atoms with Gasteiger partial charge in [0.05, 0.1) is 28.5 Å². The molecule has 0 saturated carbocycles. The van der Waals surface area contributed by atoms with Gasteiger partial charge >= 0.3 is 0 Å². The number of nitrogens with one attached hydrogen (secondary N) is 1. The van der Waals surface area contributed by atoms with Crippen LogP contribution in [0.1, 0.15) is 21.7 Å². The summed E-state index contributed by atoms with van der Waals surface area (Å²) in [6.07, 6.45) is 0. The Bertz CT molecular complexity index is 554. The molecule has 1 aromatic carbocycles. The third kappa shape index (κ3) is 3.05. The van der Waals surface area contributed by atoms with Gasteiger partial charge in [-0.15, -0.1) is 0 Å². The summed E-state index contributed by atoms with van der Waals surface area (Å²) in [5.41, 5.74) is 2.01. The normalized spacial score (nSPS) is 10.1. The molecule has 0 aliphatic heterocycles. The van der Waals surface area contributed by atoms with Gasteiger partial charge < -0.3 is 5.32 Å². The van der Waals surface area contributed by atoms with Crippen LogP contribution in [0.4, 0.5) is 0 Å². The number of carbonyl (C=O) groups excluding carboxylic acids is 1. The summed E-state index contributed by atoms with van der Waals surface area (Å²) in [6, 6.07) is 10.6. The summed E-state index contributed by atoms with van der Waals surface area (Å²) in [7, 11) is 0. The molecule has 0 unspecified atom stereocenters. The highest BCUT2D eigenvalue weighted by molar-refractivity contribution is 6.33. The van der Waals surface area contributed by atoms with E-state index in [1.54, 1.807) is 24.3 Å². The highest BCUT2D eigenvalue weighted by Gasteiger charge is 2.09. The van der Waals surface area contributed by atoms with Gasteiger partial charge in [-0.1, -0.05) is 23.7 Å². The van der Waals surface area contributed by atoms with E-state index in [1.807, 2.05) is 19.1 Å². The Morgan fingerprint density at radius 2 is 2.00 bits per heavy atom. The van der Waals surface area contributed by atoms with Crippen molar-refractivity contribution in [2.75, 3.05) is 0 Å². The maximum atomic E-state index is 11.9. The Morgan fingerprint density at radius 1 is 1.22 bits per heavy atom. The zero-order valence-electron chi connectivity index (χ0n) is 9.85. The highest BCUT2D eigenvalue weighted by atomic mass is 35.5. The molecular formula is C13H12ClN3O. The van der Waals surface area contributed by atoms with E-state index in [9.17, 15) is 4.79 Å². The summed E-state index contributed by atoms with van der Waals surface area (Å²) in [5.74, 6) is -0.219. The quantitative estimate of drug-likeness (QED) is 0.923. The molecule has 0 atom stereocenters. The molecule has 92 valence electrons. The molecule has 1 N–H and O–H groups in total. The number of carbonyl (C=O) groups is 1. The van der Waals surface area contributed by atoms with Crippen LogP contribution in [-0.2, 0) is 6.54 Å². The molecular weight excluding hydrogens is 250 g/mol. The van der Waals surface area contributed by atoms with Gasteiger partial charge in [0.2, 0.25) is 0 Å². The van der Waals surface area contributed by atoms with E-state index < -0.39 is 0 Å². The molecule has 0 radical (unpaired) electrons. The Labute approximate surface area is 110 Å². The second-order valence-electron chi connectivity index (χ2n) is 3.83. The maximum Gasteiger partial charge on any atom is 0.253 e. The van der Waals surface area contributed by atoms with Crippen molar-refractivity contribution in [3.8, 4) is 0 Å². The number of hydrogen-bond donors (Lipinski definition) is 1. The van der Waals surface area contributed by atoms with Gasteiger partial charge in [0.15, 0.2) is 0 Å². The van der Waals surface area contributed by atoms with Crippen molar-refractivity contribution in [3.05, 3.63) is 58.4 Å². The number of rotatable bonds is 3. The van der Waals surface area contributed by atoms with Crippen molar-refractivity contribution in [1.82, 2.24) is 15.5 Å². The van der Waals surface area contributed by atoms with Crippen molar-refractivity contribution in [3.63, 3.8) is 0 Å². The van der Waals surface area contributed by atoms with Gasteiger partial charge in [0.25, 0.3) is 5.91 Å². The van der Waals surface area contributed by atoms with Crippen LogP contribution < -0.4 is 5.32 Å². The van der Waals surface area contributed by atoms with Crippen LogP contribution in [0.2, 0.25) is 5.02 Å². The minimum absolute atomic E-state index is 0.219. The second kappa shape index (κ2) is 5.60. The molecule has 2 rings (SSSR count). The third-order valence-electron chi connectivity index (χ3n) is 2.40. The molecule has 2 aromatic rings. The van der Waals surface area contributed by atoms with Crippen LogP contribution in [0.15, 0.2) is 36.4 Å². The van der Waals surface area contributed by atoms with Crippen molar-refractivity contribution in [2.24, 2.45) is 0 Å². The minimum atomic E-state index is -0.219. The van der Waals surface area contributed by atoms with Gasteiger partial charge in [-0.2, -0.15) is 10.2 Å². The van der Waals surface area contributed by atoms with Gasteiger partial charge in [-0.3, -0.25) is 4.79 Å². The first-order valence-corrected chi connectivity index (χ1v) is 5.86. The Hall–Kier alpha value is -1.94. The Kier molecular flexibility index (Phi) is 3.89. The average Bonchev–Trinajstić information content (AvgIpc) is 2.38. The first-order valence-electron chi connectivity index (χ1n) is 5.49. The lowest BCUT2D eigenvalue weighted by atomic mass is 10.2. The number of nitrogens with zero attached hydrogens (tertiary/aromatic N) is 2. The molecule has 5 heteroatoms. The fraction of sp³-hybridized carbons (Fsp3) is 0.154. The van der Waals surface area contributed by atoms with Gasteiger partial charge in [0.1, 0.15) is 0 Å². The standard InChI is InChI=1S/C13H12ClN3O/c1-9-6-7-10(17-16-9)8-15-13(18)11-4-2-3-5-12(11)14/h2-7H,8H2,1H3,(H,15,18). The monoisotopic (exact) mass is 261 g/mol. The van der Waals surface area contributed by atoms with Crippen molar-refractivity contribution in [2.45, 2.75) is 13.5 Å². The number of hydrogen-bond acceptors (Lipinski definition) is 3. The molecule has 1 heterocycles. The van der Waals surface area contributed by atoms with E-state index in [0.29, 0.717) is 22.8 Å². The van der Waals surface area contributed by atoms with Crippen molar-refractivity contribution < 1.29 is 4.79 Å². The molecule has 0 bridgehead atoms. The molecule has 4 nitrogen and oxygen atoms in total. The highest BCUT2D eigenvalue weighted by Crippen LogP contribution is 2.14. The van der Waals surface area contributed by atoms with E-state index in [0.717, 1.165) is 5.69 Å². The molecule has 1 aromatic heterocycles. The zero-order chi connectivity index (χ0) is 13.0. The molecule has 0 spiro atoms. The van der Waals surface area contributed by atoms with Gasteiger partial charge in [0, 0.05) is 0 Å². The Morgan fingerprint density at radius 3 is 2.67 bits per heavy atom. The topological polar surface area (TPSA) is 54.9 Å². The smallest absolute Gasteiger partial charge is 0.253 e. The lowest BCUT2D eigenvalue weighted by Gasteiger charge is -2.05.